The molecule has 1 saturated heterocycles. The molecule has 0 spiro atoms. The quantitative estimate of drug-likeness (QED) is 0.590. The molecule has 1 N–H and O–H groups in total. The first kappa shape index (κ1) is 22.4. The van der Waals surface area contributed by atoms with E-state index in [1.165, 1.54) is 4.31 Å². The predicted octanol–water partition coefficient (Wildman–Crippen LogP) is 2.96. The van der Waals surface area contributed by atoms with Gasteiger partial charge in [0.2, 0.25) is 15.9 Å². The molecular weight excluding hydrogens is 428 g/mol. The summed E-state index contributed by atoms with van der Waals surface area (Å²) < 4.78 is 34.7. The zero-order valence-electron chi connectivity index (χ0n) is 18.4. The molecule has 0 aliphatic carbocycles. The number of carbonyl (C=O) groups is 1. The van der Waals surface area contributed by atoms with Gasteiger partial charge in [-0.05, 0) is 44.2 Å². The van der Waals surface area contributed by atoms with Gasteiger partial charge >= 0.3 is 0 Å². The van der Waals surface area contributed by atoms with E-state index in [0.29, 0.717) is 44.8 Å². The number of hydrogen-bond acceptors (Lipinski definition) is 5. The molecule has 0 unspecified atom stereocenters. The average molecular weight is 457 g/mol. The van der Waals surface area contributed by atoms with E-state index in [1.807, 2.05) is 42.7 Å². The number of morpholine rings is 1. The number of ether oxygens (including phenoxy) is 1. The Morgan fingerprint density at radius 3 is 2.53 bits per heavy atom. The number of imidazole rings is 1. The Bertz CT molecular complexity index is 1210. The molecule has 1 aliphatic heterocycles. The molecule has 2 heterocycles. The second kappa shape index (κ2) is 9.40. The number of nitrogens with zero attached hydrogens (tertiary/aromatic N) is 3. The van der Waals surface area contributed by atoms with Gasteiger partial charge in [-0.15, -0.1) is 0 Å². The van der Waals surface area contributed by atoms with E-state index in [1.54, 1.807) is 18.2 Å². The molecule has 3 aromatic rings. The lowest BCUT2D eigenvalue weighted by atomic mass is 10.2. The molecule has 0 bridgehead atoms. The summed E-state index contributed by atoms with van der Waals surface area (Å²) in [7, 11) is -3.59. The standard InChI is InChI=1S/C23H28N4O4S/c1-3-27-21-9-8-19(32(29,30)26-12-14-31-15-13-26)16-20(21)25-22(27)10-11-23(28)24-18-6-4-17(2)5-7-18/h4-9,16H,3,10-15H2,1-2H3,(H,24,28). The Morgan fingerprint density at radius 2 is 1.84 bits per heavy atom. The van der Waals surface area contributed by atoms with Gasteiger partial charge in [0.25, 0.3) is 0 Å². The van der Waals surface area contributed by atoms with Crippen LogP contribution in [0.5, 0.6) is 0 Å². The van der Waals surface area contributed by atoms with Gasteiger partial charge in [0.1, 0.15) is 5.82 Å². The van der Waals surface area contributed by atoms with Crippen molar-refractivity contribution in [2.45, 2.75) is 38.1 Å². The van der Waals surface area contributed by atoms with Crippen LogP contribution < -0.4 is 5.32 Å². The van der Waals surface area contributed by atoms with Crippen LogP contribution in [-0.2, 0) is 32.5 Å². The minimum absolute atomic E-state index is 0.0841. The van der Waals surface area contributed by atoms with Gasteiger partial charge < -0.3 is 14.6 Å². The topological polar surface area (TPSA) is 93.5 Å². The summed E-state index contributed by atoms with van der Waals surface area (Å²) in [5.41, 5.74) is 3.38. The number of fused-ring (bicyclic) bond motifs is 1. The van der Waals surface area contributed by atoms with Gasteiger partial charge in [-0.3, -0.25) is 4.79 Å². The number of carbonyl (C=O) groups excluding carboxylic acids is 1. The average Bonchev–Trinajstić information content (AvgIpc) is 3.16. The van der Waals surface area contributed by atoms with Crippen LogP contribution in [0.25, 0.3) is 11.0 Å². The van der Waals surface area contributed by atoms with Crippen LogP contribution in [0.1, 0.15) is 24.7 Å². The lowest BCUT2D eigenvalue weighted by Crippen LogP contribution is -2.40. The molecular formula is C23H28N4O4S. The molecule has 1 fully saturated rings. The highest BCUT2D eigenvalue weighted by atomic mass is 32.2. The molecule has 170 valence electrons. The summed E-state index contributed by atoms with van der Waals surface area (Å²) in [6, 6.07) is 12.7. The second-order valence-electron chi connectivity index (χ2n) is 7.85. The molecule has 0 saturated carbocycles. The maximum absolute atomic E-state index is 13.0. The lowest BCUT2D eigenvalue weighted by molar-refractivity contribution is -0.116. The third-order valence-electron chi connectivity index (χ3n) is 5.63. The Hall–Kier alpha value is -2.75. The Labute approximate surface area is 188 Å². The summed E-state index contributed by atoms with van der Waals surface area (Å²) in [6.07, 6.45) is 0.752. The SMILES string of the molecule is CCn1c(CCC(=O)Nc2ccc(C)cc2)nc2cc(S(=O)(=O)N3CCOCC3)ccc21. The zero-order valence-corrected chi connectivity index (χ0v) is 19.2. The van der Waals surface area contributed by atoms with Crippen molar-refractivity contribution < 1.29 is 17.9 Å². The molecule has 32 heavy (non-hydrogen) atoms. The third kappa shape index (κ3) is 4.69. The van der Waals surface area contributed by atoms with Crippen molar-refractivity contribution in [3.8, 4) is 0 Å². The van der Waals surface area contributed by atoms with Crippen LogP contribution in [-0.4, -0.2) is 54.5 Å². The molecule has 0 radical (unpaired) electrons. The van der Waals surface area contributed by atoms with Gasteiger partial charge in [0.05, 0.1) is 29.1 Å². The summed E-state index contributed by atoms with van der Waals surface area (Å²) >= 11 is 0. The normalized spacial score (nSPS) is 15.2. The number of amides is 1. The fourth-order valence-corrected chi connectivity index (χ4v) is 5.31. The summed E-state index contributed by atoms with van der Waals surface area (Å²) in [4.78, 5) is 17.3. The minimum atomic E-state index is -3.59. The van der Waals surface area contributed by atoms with Crippen molar-refractivity contribution in [1.82, 2.24) is 13.9 Å². The van der Waals surface area contributed by atoms with E-state index in [0.717, 1.165) is 22.6 Å². The number of aryl methyl sites for hydroxylation is 3. The maximum Gasteiger partial charge on any atom is 0.243 e. The monoisotopic (exact) mass is 456 g/mol. The number of anilines is 1. The van der Waals surface area contributed by atoms with E-state index in [4.69, 9.17) is 4.74 Å². The van der Waals surface area contributed by atoms with E-state index < -0.39 is 10.0 Å². The first-order chi connectivity index (χ1) is 15.4. The van der Waals surface area contributed by atoms with Crippen LogP contribution in [0.15, 0.2) is 47.4 Å². The zero-order chi connectivity index (χ0) is 22.7. The molecule has 8 nitrogen and oxygen atoms in total. The number of benzene rings is 2. The highest BCUT2D eigenvalue weighted by Crippen LogP contribution is 2.24. The van der Waals surface area contributed by atoms with Crippen molar-refractivity contribution in [3.05, 3.63) is 53.9 Å². The first-order valence-corrected chi connectivity index (χ1v) is 12.3. The summed E-state index contributed by atoms with van der Waals surface area (Å²) in [5.74, 6) is 0.682. The van der Waals surface area contributed by atoms with E-state index in [-0.39, 0.29) is 17.2 Å². The maximum atomic E-state index is 13.0. The molecule has 9 heteroatoms. The van der Waals surface area contributed by atoms with E-state index in [2.05, 4.69) is 10.3 Å². The van der Waals surface area contributed by atoms with Crippen molar-refractivity contribution in [2.75, 3.05) is 31.6 Å². The Balaban J connectivity index is 1.52. The molecule has 1 aromatic heterocycles. The van der Waals surface area contributed by atoms with Crippen molar-refractivity contribution in [3.63, 3.8) is 0 Å². The van der Waals surface area contributed by atoms with Crippen molar-refractivity contribution >= 4 is 32.7 Å². The third-order valence-corrected chi connectivity index (χ3v) is 7.53. The number of rotatable bonds is 7. The minimum Gasteiger partial charge on any atom is -0.379 e. The second-order valence-corrected chi connectivity index (χ2v) is 9.79. The van der Waals surface area contributed by atoms with Gasteiger partial charge in [-0.1, -0.05) is 17.7 Å². The Kier molecular flexibility index (Phi) is 6.59. The van der Waals surface area contributed by atoms with Crippen LogP contribution in [0.4, 0.5) is 5.69 Å². The van der Waals surface area contributed by atoms with Gasteiger partial charge in [-0.2, -0.15) is 4.31 Å². The fraction of sp³-hybridized carbons (Fsp3) is 0.391. The van der Waals surface area contributed by atoms with Crippen LogP contribution in [0.3, 0.4) is 0 Å². The lowest BCUT2D eigenvalue weighted by Gasteiger charge is -2.26. The van der Waals surface area contributed by atoms with Gasteiger partial charge in [0, 0.05) is 38.2 Å². The first-order valence-electron chi connectivity index (χ1n) is 10.8. The van der Waals surface area contributed by atoms with Crippen molar-refractivity contribution in [1.29, 1.82) is 0 Å². The Morgan fingerprint density at radius 1 is 1.12 bits per heavy atom. The number of sulfonamides is 1. The highest BCUT2D eigenvalue weighted by Gasteiger charge is 2.27. The predicted molar refractivity (Wildman–Crippen MR) is 123 cm³/mol. The van der Waals surface area contributed by atoms with E-state index in [9.17, 15) is 13.2 Å². The van der Waals surface area contributed by atoms with Gasteiger partial charge in [-0.25, -0.2) is 13.4 Å². The summed E-state index contributed by atoms with van der Waals surface area (Å²) in [5, 5.41) is 2.90. The number of nitrogens with one attached hydrogen (secondary N) is 1. The molecule has 2 aromatic carbocycles. The molecule has 1 aliphatic rings. The van der Waals surface area contributed by atoms with Crippen LogP contribution in [0.2, 0.25) is 0 Å². The fourth-order valence-electron chi connectivity index (χ4n) is 3.89. The number of hydrogen-bond donors (Lipinski definition) is 1. The van der Waals surface area contributed by atoms with Crippen LogP contribution >= 0.6 is 0 Å². The summed E-state index contributed by atoms with van der Waals surface area (Å²) in [6.45, 7) is 6.20. The van der Waals surface area contributed by atoms with Crippen molar-refractivity contribution in [2.24, 2.45) is 0 Å². The van der Waals surface area contributed by atoms with E-state index >= 15 is 0 Å². The number of aromatic nitrogens is 2. The highest BCUT2D eigenvalue weighted by molar-refractivity contribution is 7.89. The van der Waals surface area contributed by atoms with Crippen LogP contribution in [0, 0.1) is 6.92 Å². The smallest absolute Gasteiger partial charge is 0.243 e. The molecule has 0 atom stereocenters. The van der Waals surface area contributed by atoms with Gasteiger partial charge in [0.15, 0.2) is 0 Å². The molecule has 1 amide bonds. The largest absolute Gasteiger partial charge is 0.379 e. The molecule has 4 rings (SSSR count).